The van der Waals surface area contributed by atoms with E-state index in [1.165, 1.54) is 11.3 Å². The van der Waals surface area contributed by atoms with Gasteiger partial charge in [0.25, 0.3) is 5.91 Å². The number of amides is 1. The van der Waals surface area contributed by atoms with Crippen LogP contribution in [0.5, 0.6) is 0 Å². The van der Waals surface area contributed by atoms with Gasteiger partial charge in [0.15, 0.2) is 0 Å². The molecular weight excluding hydrogens is 252 g/mol. The molecule has 1 aromatic rings. The molecule has 0 radical (unpaired) electrons. The molecule has 0 aliphatic carbocycles. The van der Waals surface area contributed by atoms with E-state index in [0.717, 1.165) is 22.8 Å². The fourth-order valence-electron chi connectivity index (χ4n) is 1.58. The van der Waals surface area contributed by atoms with Gasteiger partial charge in [0.05, 0.1) is 17.0 Å². The van der Waals surface area contributed by atoms with Crippen molar-refractivity contribution < 1.29 is 4.79 Å². The highest BCUT2D eigenvalue weighted by atomic mass is 32.2. The van der Waals surface area contributed by atoms with Gasteiger partial charge in [0.1, 0.15) is 0 Å². The lowest BCUT2D eigenvalue weighted by Gasteiger charge is -2.09. The van der Waals surface area contributed by atoms with Gasteiger partial charge in [-0.1, -0.05) is 11.8 Å². The Morgan fingerprint density at radius 3 is 3.24 bits per heavy atom. The van der Waals surface area contributed by atoms with E-state index in [1.54, 1.807) is 0 Å². The number of hydrogen-bond acceptors (Lipinski definition) is 4. The summed E-state index contributed by atoms with van der Waals surface area (Å²) >= 11 is 3.37. The van der Waals surface area contributed by atoms with Gasteiger partial charge in [-0.05, 0) is 18.2 Å². The van der Waals surface area contributed by atoms with Crippen LogP contribution in [-0.2, 0) is 0 Å². The Kier molecular flexibility index (Phi) is 4.49. The zero-order chi connectivity index (χ0) is 12.1. The van der Waals surface area contributed by atoms with Crippen LogP contribution < -0.4 is 11.1 Å². The first-order chi connectivity index (χ1) is 8.29. The molecule has 1 saturated heterocycles. The van der Waals surface area contributed by atoms with E-state index in [2.05, 4.69) is 17.2 Å². The van der Waals surface area contributed by atoms with Gasteiger partial charge in [0, 0.05) is 17.2 Å². The van der Waals surface area contributed by atoms with Gasteiger partial charge in [-0.15, -0.1) is 11.3 Å². The maximum Gasteiger partial charge on any atom is 0.252 e. The highest BCUT2D eigenvalue weighted by Crippen LogP contribution is 2.18. The second kappa shape index (κ2) is 6.10. The molecule has 0 saturated carbocycles. The number of rotatable bonds is 2. The number of thioether (sulfide) groups is 1. The Balaban J connectivity index is 1.96. The van der Waals surface area contributed by atoms with Crippen molar-refractivity contribution in [1.29, 1.82) is 0 Å². The lowest BCUT2D eigenvalue weighted by molar-refractivity contribution is 0.0941. The topological polar surface area (TPSA) is 55.1 Å². The zero-order valence-corrected chi connectivity index (χ0v) is 11.0. The molecule has 0 spiro atoms. The first-order valence-electron chi connectivity index (χ1n) is 5.45. The minimum absolute atomic E-state index is 0.00884. The van der Waals surface area contributed by atoms with Crippen LogP contribution in [0.15, 0.2) is 11.4 Å². The number of nitrogens with two attached hydrogens (primary N) is 1. The van der Waals surface area contributed by atoms with Crippen LogP contribution in [0, 0.1) is 11.8 Å². The van der Waals surface area contributed by atoms with Gasteiger partial charge in [-0.3, -0.25) is 4.79 Å². The number of nitrogens with one attached hydrogen (secondary N) is 1. The molecule has 1 aliphatic rings. The fraction of sp³-hybridized carbons (Fsp3) is 0.417. The van der Waals surface area contributed by atoms with Crippen LogP contribution in [-0.4, -0.2) is 30.0 Å². The summed E-state index contributed by atoms with van der Waals surface area (Å²) in [5.41, 5.74) is 6.00. The second-order valence-corrected chi connectivity index (χ2v) is 5.80. The highest BCUT2D eigenvalue weighted by Gasteiger charge is 2.18. The van der Waals surface area contributed by atoms with Crippen molar-refractivity contribution in [2.24, 2.45) is 5.73 Å². The molecule has 1 fully saturated rings. The molecule has 1 aliphatic heterocycles. The van der Waals surface area contributed by atoms with Crippen LogP contribution in [0.2, 0.25) is 0 Å². The Hall–Kier alpha value is -0.960. The van der Waals surface area contributed by atoms with Crippen molar-refractivity contribution >= 4 is 29.0 Å². The highest BCUT2D eigenvalue weighted by molar-refractivity contribution is 7.99. The molecule has 3 nitrogen and oxygen atoms in total. The lowest BCUT2D eigenvalue weighted by Crippen LogP contribution is -2.34. The molecule has 1 unspecified atom stereocenters. The summed E-state index contributed by atoms with van der Waals surface area (Å²) in [7, 11) is 0. The third-order valence-electron chi connectivity index (χ3n) is 2.44. The van der Waals surface area contributed by atoms with Crippen LogP contribution in [0.3, 0.4) is 0 Å². The van der Waals surface area contributed by atoms with Crippen molar-refractivity contribution in [3.63, 3.8) is 0 Å². The van der Waals surface area contributed by atoms with E-state index >= 15 is 0 Å². The average molecular weight is 266 g/mol. The molecule has 90 valence electrons. The van der Waals surface area contributed by atoms with Gasteiger partial charge >= 0.3 is 0 Å². The van der Waals surface area contributed by atoms with Crippen molar-refractivity contribution in [3.8, 4) is 11.8 Å². The Labute approximate surface area is 109 Å². The van der Waals surface area contributed by atoms with Gasteiger partial charge in [-0.2, -0.15) is 11.8 Å². The predicted molar refractivity (Wildman–Crippen MR) is 73.4 cm³/mol. The number of hydrogen-bond donors (Lipinski definition) is 2. The van der Waals surface area contributed by atoms with Crippen molar-refractivity contribution in [1.82, 2.24) is 5.32 Å². The molecule has 17 heavy (non-hydrogen) atoms. The Morgan fingerprint density at radius 2 is 2.53 bits per heavy atom. The fourth-order valence-corrected chi connectivity index (χ4v) is 3.48. The van der Waals surface area contributed by atoms with Crippen LogP contribution in [0.25, 0.3) is 0 Å². The van der Waals surface area contributed by atoms with Gasteiger partial charge in [-0.25, -0.2) is 0 Å². The smallest absolute Gasteiger partial charge is 0.252 e. The standard InChI is InChI=1S/C12H14N2OS2/c13-4-1-2-11-6-9(7-17-11)12(15)14-10-3-5-16-8-10/h6-7,10H,3-5,8,13H2,(H,14,15). The summed E-state index contributed by atoms with van der Waals surface area (Å²) in [4.78, 5) is 12.8. The zero-order valence-electron chi connectivity index (χ0n) is 9.36. The molecule has 1 atom stereocenters. The van der Waals surface area contributed by atoms with Gasteiger partial charge in [0.2, 0.25) is 0 Å². The molecule has 3 N–H and O–H groups in total. The van der Waals surface area contributed by atoms with E-state index < -0.39 is 0 Å². The molecular formula is C12H14N2OS2. The summed E-state index contributed by atoms with van der Waals surface area (Å²) < 4.78 is 0. The minimum Gasteiger partial charge on any atom is -0.348 e. The van der Waals surface area contributed by atoms with Crippen molar-refractivity contribution in [2.45, 2.75) is 12.5 Å². The summed E-state index contributed by atoms with van der Waals surface area (Å²) in [5.74, 6) is 7.89. The lowest BCUT2D eigenvalue weighted by atomic mass is 10.2. The van der Waals surface area contributed by atoms with Crippen molar-refractivity contribution in [2.75, 3.05) is 18.1 Å². The quantitative estimate of drug-likeness (QED) is 0.793. The maximum atomic E-state index is 11.9. The SMILES string of the molecule is NCC#Cc1cc(C(=O)NC2CCSC2)cs1. The average Bonchev–Trinajstić information content (AvgIpc) is 2.96. The minimum atomic E-state index is 0.00884. The largest absolute Gasteiger partial charge is 0.348 e. The van der Waals surface area contributed by atoms with E-state index in [0.29, 0.717) is 18.2 Å². The normalized spacial score (nSPS) is 18.5. The number of carbonyl (C=O) groups is 1. The van der Waals surface area contributed by atoms with Crippen molar-refractivity contribution in [3.05, 3.63) is 21.9 Å². The maximum absolute atomic E-state index is 11.9. The Bertz CT molecular complexity index is 453. The van der Waals surface area contributed by atoms with Crippen LogP contribution >= 0.6 is 23.1 Å². The van der Waals surface area contributed by atoms with E-state index in [4.69, 9.17) is 5.73 Å². The monoisotopic (exact) mass is 266 g/mol. The second-order valence-electron chi connectivity index (χ2n) is 3.74. The Morgan fingerprint density at radius 1 is 1.65 bits per heavy atom. The number of carbonyl (C=O) groups excluding carboxylic acids is 1. The van der Waals surface area contributed by atoms with E-state index in [-0.39, 0.29) is 5.91 Å². The molecule has 0 bridgehead atoms. The summed E-state index contributed by atoms with van der Waals surface area (Å²) in [5, 5.41) is 4.88. The summed E-state index contributed by atoms with van der Waals surface area (Å²) in [6, 6.07) is 2.15. The molecule has 2 rings (SSSR count). The van der Waals surface area contributed by atoms with Crippen LogP contribution in [0.4, 0.5) is 0 Å². The molecule has 1 amide bonds. The molecule has 0 aromatic carbocycles. The van der Waals surface area contributed by atoms with Crippen LogP contribution in [0.1, 0.15) is 21.7 Å². The molecule has 1 aromatic heterocycles. The molecule has 5 heteroatoms. The van der Waals surface area contributed by atoms with E-state index in [9.17, 15) is 4.79 Å². The first-order valence-corrected chi connectivity index (χ1v) is 7.49. The predicted octanol–water partition coefficient (Wildman–Crippen LogP) is 1.29. The first kappa shape index (κ1) is 12.5. The molecule has 2 heterocycles. The van der Waals surface area contributed by atoms with Gasteiger partial charge < -0.3 is 11.1 Å². The third-order valence-corrected chi connectivity index (χ3v) is 4.45. The summed E-state index contributed by atoms with van der Waals surface area (Å²) in [6.07, 6.45) is 1.07. The third kappa shape index (κ3) is 3.50. The van der Waals surface area contributed by atoms with E-state index in [1.807, 2.05) is 23.2 Å². The summed E-state index contributed by atoms with van der Waals surface area (Å²) in [6.45, 7) is 0.346. The number of thiophene rings is 1.